The van der Waals surface area contributed by atoms with E-state index in [2.05, 4.69) is 54.5 Å². The average molecular weight is 459 g/mol. The maximum absolute atomic E-state index is 11.8. The van der Waals surface area contributed by atoms with Gasteiger partial charge in [-0.2, -0.15) is 0 Å². The van der Waals surface area contributed by atoms with Gasteiger partial charge in [-0.25, -0.2) is 0 Å². The summed E-state index contributed by atoms with van der Waals surface area (Å²) in [5.41, 5.74) is 1.92. The van der Waals surface area contributed by atoms with Crippen LogP contribution in [0.5, 0.6) is 0 Å². The predicted octanol–water partition coefficient (Wildman–Crippen LogP) is 6.11. The minimum absolute atomic E-state index is 0.0738. The molecule has 0 saturated heterocycles. The third-order valence-electron chi connectivity index (χ3n) is 13.1. The van der Waals surface area contributed by atoms with Crippen LogP contribution in [0, 0.1) is 50.2 Å². The molecule has 3 unspecified atom stereocenters. The molecule has 0 amide bonds. The summed E-state index contributed by atoms with van der Waals surface area (Å²) in [6, 6.07) is 0. The van der Waals surface area contributed by atoms with Crippen LogP contribution in [-0.2, 0) is 0 Å². The molecule has 0 heterocycles. The molecule has 4 saturated carbocycles. The summed E-state index contributed by atoms with van der Waals surface area (Å²) >= 11 is 0. The van der Waals surface area contributed by atoms with Crippen molar-refractivity contribution in [3.05, 3.63) is 11.6 Å². The van der Waals surface area contributed by atoms with E-state index >= 15 is 0 Å². The number of fused-ring (bicyclic) bond motifs is 7. The molecule has 0 aromatic heterocycles. The smallest absolute Gasteiger partial charge is 0.0595 e. The zero-order chi connectivity index (χ0) is 24.2. The van der Waals surface area contributed by atoms with Gasteiger partial charge in [0.05, 0.1) is 18.8 Å². The quantitative estimate of drug-likeness (QED) is 0.415. The highest BCUT2D eigenvalue weighted by Gasteiger charge is 2.70. The third kappa shape index (κ3) is 2.97. The molecule has 0 bridgehead atoms. The van der Waals surface area contributed by atoms with Crippen LogP contribution < -0.4 is 0 Å². The molecule has 5 rings (SSSR count). The lowest BCUT2D eigenvalue weighted by molar-refractivity contribution is -0.262. The first kappa shape index (κ1) is 24.3. The lowest BCUT2D eigenvalue weighted by Gasteiger charge is -2.73. The van der Waals surface area contributed by atoms with Gasteiger partial charge < -0.3 is 15.3 Å². The van der Waals surface area contributed by atoms with Gasteiger partial charge >= 0.3 is 0 Å². The van der Waals surface area contributed by atoms with E-state index in [-0.39, 0.29) is 57.2 Å². The van der Waals surface area contributed by atoms with Crippen molar-refractivity contribution in [2.45, 2.75) is 118 Å². The fourth-order valence-corrected chi connectivity index (χ4v) is 10.8. The highest BCUT2D eigenvalue weighted by Crippen LogP contribution is 2.76. The zero-order valence-electron chi connectivity index (χ0n) is 22.4. The second-order valence-electron chi connectivity index (χ2n) is 15.1. The van der Waals surface area contributed by atoms with Gasteiger partial charge in [0.15, 0.2) is 0 Å². The van der Waals surface area contributed by atoms with E-state index in [1.165, 1.54) is 32.1 Å². The molecule has 5 aliphatic carbocycles. The van der Waals surface area contributed by atoms with Gasteiger partial charge in [0.25, 0.3) is 0 Å². The first-order valence-electron chi connectivity index (χ1n) is 13.9. The van der Waals surface area contributed by atoms with Gasteiger partial charge in [0, 0.05) is 5.41 Å². The predicted molar refractivity (Wildman–Crippen MR) is 134 cm³/mol. The maximum Gasteiger partial charge on any atom is 0.0595 e. The van der Waals surface area contributed by atoms with E-state index in [0.717, 1.165) is 25.7 Å². The Labute approximate surface area is 202 Å². The second kappa shape index (κ2) is 7.10. The minimum atomic E-state index is -0.354. The van der Waals surface area contributed by atoms with E-state index in [1.54, 1.807) is 5.57 Å². The number of allylic oxidation sites excluding steroid dienone is 1. The van der Waals surface area contributed by atoms with Gasteiger partial charge in [-0.05, 0) is 103 Å². The maximum atomic E-state index is 11.8. The molecule has 0 aromatic carbocycles. The molecule has 10 atom stereocenters. The summed E-state index contributed by atoms with van der Waals surface area (Å²) in [7, 11) is 0. The van der Waals surface area contributed by atoms with Crippen LogP contribution in [0.25, 0.3) is 0 Å². The summed E-state index contributed by atoms with van der Waals surface area (Å²) in [5, 5.41) is 32.9. The standard InChI is InChI=1S/C30H50O3/c1-25(2)23(33)10-11-28(5)22-9-8-19-20-16-26(3,18-31)12-13-27(20,4)14-15-29(19,6)30(22,7)17-21(32)24(25)28/h16,19,21-24,31-33H,8-15,17-18H2,1-7H3/t19?,21-,22?,23+,24?,26-,27-,28-,29-,30-/m1/s1. The van der Waals surface area contributed by atoms with Crippen LogP contribution in [0.1, 0.15) is 106 Å². The van der Waals surface area contributed by atoms with Crippen molar-refractivity contribution in [3.8, 4) is 0 Å². The molecular weight excluding hydrogens is 408 g/mol. The van der Waals surface area contributed by atoms with E-state index in [1.807, 2.05) is 0 Å². The molecule has 5 aliphatic rings. The molecule has 3 N–H and O–H groups in total. The fourth-order valence-electron chi connectivity index (χ4n) is 10.8. The molecule has 0 spiro atoms. The van der Waals surface area contributed by atoms with Crippen LogP contribution >= 0.6 is 0 Å². The molecular formula is C30H50O3. The summed E-state index contributed by atoms with van der Waals surface area (Å²) < 4.78 is 0. The molecule has 188 valence electrons. The van der Waals surface area contributed by atoms with Crippen LogP contribution in [0.4, 0.5) is 0 Å². The first-order chi connectivity index (χ1) is 15.2. The Bertz CT molecular complexity index is 847. The van der Waals surface area contributed by atoms with Crippen LogP contribution in [-0.4, -0.2) is 34.1 Å². The molecule has 33 heavy (non-hydrogen) atoms. The Morgan fingerprint density at radius 2 is 1.48 bits per heavy atom. The molecule has 4 fully saturated rings. The van der Waals surface area contributed by atoms with E-state index in [0.29, 0.717) is 11.8 Å². The first-order valence-corrected chi connectivity index (χ1v) is 13.9. The van der Waals surface area contributed by atoms with Crippen molar-refractivity contribution in [2.75, 3.05) is 6.61 Å². The summed E-state index contributed by atoms with van der Waals surface area (Å²) in [6.07, 6.45) is 11.8. The Kier molecular flexibility index (Phi) is 5.23. The molecule has 3 heteroatoms. The van der Waals surface area contributed by atoms with Gasteiger partial charge in [-0.1, -0.05) is 60.1 Å². The fraction of sp³-hybridized carbons (Fsp3) is 0.933. The Morgan fingerprint density at radius 1 is 0.818 bits per heavy atom. The van der Waals surface area contributed by atoms with Crippen molar-refractivity contribution in [2.24, 2.45) is 50.2 Å². The van der Waals surface area contributed by atoms with Crippen molar-refractivity contribution >= 4 is 0 Å². The Hall–Kier alpha value is -0.380. The summed E-state index contributed by atoms with van der Waals surface area (Å²) in [5.74, 6) is 1.30. The van der Waals surface area contributed by atoms with Crippen molar-refractivity contribution in [3.63, 3.8) is 0 Å². The van der Waals surface area contributed by atoms with Gasteiger partial charge in [0.2, 0.25) is 0 Å². The van der Waals surface area contributed by atoms with Gasteiger partial charge in [-0.15, -0.1) is 0 Å². The third-order valence-corrected chi connectivity index (χ3v) is 13.1. The minimum Gasteiger partial charge on any atom is -0.395 e. The average Bonchev–Trinajstić information content (AvgIpc) is 2.73. The summed E-state index contributed by atoms with van der Waals surface area (Å²) in [6.45, 7) is 16.9. The van der Waals surface area contributed by atoms with E-state index in [9.17, 15) is 15.3 Å². The van der Waals surface area contributed by atoms with Crippen LogP contribution in [0.2, 0.25) is 0 Å². The zero-order valence-corrected chi connectivity index (χ0v) is 22.4. The van der Waals surface area contributed by atoms with Crippen molar-refractivity contribution < 1.29 is 15.3 Å². The monoisotopic (exact) mass is 458 g/mol. The number of aliphatic hydroxyl groups excluding tert-OH is 3. The normalized spacial score (nSPS) is 57.8. The largest absolute Gasteiger partial charge is 0.395 e. The van der Waals surface area contributed by atoms with Gasteiger partial charge in [0.1, 0.15) is 0 Å². The highest BCUT2D eigenvalue weighted by atomic mass is 16.3. The van der Waals surface area contributed by atoms with Crippen molar-refractivity contribution in [1.82, 2.24) is 0 Å². The number of aliphatic hydroxyl groups is 3. The molecule has 3 nitrogen and oxygen atoms in total. The summed E-state index contributed by atoms with van der Waals surface area (Å²) in [4.78, 5) is 0. The van der Waals surface area contributed by atoms with E-state index < -0.39 is 0 Å². The SMILES string of the molecule is CC1(C)C2[C@H](O)C[C@]3(C)C(CCC4C5=C[C@](C)(CO)CC[C@]5(C)CC[C@]43C)[C@@]2(C)CC[C@@H]1O. The molecule has 0 aliphatic heterocycles. The Morgan fingerprint density at radius 3 is 2.15 bits per heavy atom. The highest BCUT2D eigenvalue weighted by molar-refractivity contribution is 5.32. The number of hydrogen-bond donors (Lipinski definition) is 3. The van der Waals surface area contributed by atoms with E-state index in [4.69, 9.17) is 0 Å². The van der Waals surface area contributed by atoms with Crippen LogP contribution in [0.3, 0.4) is 0 Å². The van der Waals surface area contributed by atoms with Crippen LogP contribution in [0.15, 0.2) is 11.6 Å². The lowest BCUT2D eigenvalue weighted by Crippen LogP contribution is -2.69. The molecule has 0 aromatic rings. The Balaban J connectivity index is 1.59. The number of rotatable bonds is 1. The lowest BCUT2D eigenvalue weighted by atomic mass is 9.32. The topological polar surface area (TPSA) is 60.7 Å². The molecule has 0 radical (unpaired) electrons. The number of hydrogen-bond acceptors (Lipinski definition) is 3. The van der Waals surface area contributed by atoms with Gasteiger partial charge in [-0.3, -0.25) is 0 Å². The van der Waals surface area contributed by atoms with Crippen molar-refractivity contribution in [1.29, 1.82) is 0 Å². The second-order valence-corrected chi connectivity index (χ2v) is 15.1.